The van der Waals surface area contributed by atoms with Gasteiger partial charge in [-0.15, -0.1) is 0 Å². The van der Waals surface area contributed by atoms with Gasteiger partial charge in [0.1, 0.15) is 0 Å². The van der Waals surface area contributed by atoms with Crippen molar-refractivity contribution in [3.63, 3.8) is 0 Å². The lowest BCUT2D eigenvalue weighted by molar-refractivity contribution is 0.0684. The molecular weight excluding hydrogens is 318 g/mol. The van der Waals surface area contributed by atoms with Crippen LogP contribution in [0.25, 0.3) is 0 Å². The van der Waals surface area contributed by atoms with Crippen LogP contribution in [-0.2, 0) is 0 Å². The van der Waals surface area contributed by atoms with E-state index in [4.69, 9.17) is 0 Å². The highest BCUT2D eigenvalue weighted by Crippen LogP contribution is 2.21. The molecule has 0 radical (unpaired) electrons. The number of amides is 1. The molecule has 1 rings (SSSR count). The second-order valence-corrected chi connectivity index (χ2v) is 7.86. The van der Waals surface area contributed by atoms with Gasteiger partial charge >= 0.3 is 0 Å². The average molecular weight is 360 g/mol. The van der Waals surface area contributed by atoms with Crippen molar-refractivity contribution in [2.24, 2.45) is 11.8 Å². The third-order valence-corrected chi connectivity index (χ3v) is 5.71. The molecule has 1 aromatic rings. The van der Waals surface area contributed by atoms with Crippen molar-refractivity contribution >= 4 is 5.91 Å². The molecule has 0 N–H and O–H groups in total. The van der Waals surface area contributed by atoms with Crippen LogP contribution < -0.4 is 0 Å². The van der Waals surface area contributed by atoms with E-state index in [1.54, 1.807) is 0 Å². The molecular formula is C24H41NO. The Hall–Kier alpha value is -1.31. The first-order chi connectivity index (χ1) is 12.6. The quantitative estimate of drug-likeness (QED) is 0.376. The van der Waals surface area contributed by atoms with Crippen LogP contribution in [0.4, 0.5) is 0 Å². The molecule has 2 atom stereocenters. The molecule has 0 aromatic heterocycles. The lowest BCUT2D eigenvalue weighted by Crippen LogP contribution is -2.39. The molecule has 26 heavy (non-hydrogen) atoms. The lowest BCUT2D eigenvalue weighted by atomic mass is 9.95. The Balaban J connectivity index is 2.95. The molecule has 1 aromatic carbocycles. The van der Waals surface area contributed by atoms with E-state index in [9.17, 15) is 4.79 Å². The minimum atomic E-state index is 0.230. The van der Waals surface area contributed by atoms with Gasteiger partial charge in [0.25, 0.3) is 5.91 Å². The van der Waals surface area contributed by atoms with Gasteiger partial charge in [0, 0.05) is 18.7 Å². The summed E-state index contributed by atoms with van der Waals surface area (Å²) in [5.74, 6) is 1.46. The monoisotopic (exact) mass is 359 g/mol. The minimum absolute atomic E-state index is 0.230. The second kappa shape index (κ2) is 12.9. The highest BCUT2D eigenvalue weighted by Gasteiger charge is 2.23. The Morgan fingerprint density at radius 1 is 0.885 bits per heavy atom. The predicted octanol–water partition coefficient (Wildman–Crippen LogP) is 6.87. The van der Waals surface area contributed by atoms with E-state index in [0.29, 0.717) is 11.8 Å². The Labute approximate surface area is 162 Å². The van der Waals surface area contributed by atoms with Gasteiger partial charge in [-0.2, -0.15) is 0 Å². The maximum Gasteiger partial charge on any atom is 0.254 e. The van der Waals surface area contributed by atoms with E-state index >= 15 is 0 Å². The molecule has 1 amide bonds. The third kappa shape index (κ3) is 7.51. The predicted molar refractivity (Wildman–Crippen MR) is 114 cm³/mol. The molecule has 0 spiro atoms. The maximum atomic E-state index is 13.3. The maximum absolute atomic E-state index is 13.3. The summed E-state index contributed by atoms with van der Waals surface area (Å²) in [6.07, 6.45) is 9.77. The standard InChI is InChI=1S/C24H41NO/c1-6-10-15-21(8-3)18-25(19-22(9-4)16-11-7-2)24(26)23-17-13-12-14-20(23)5/h12-14,17,21-22H,6-11,15-16,18-19H2,1-5H3. The summed E-state index contributed by atoms with van der Waals surface area (Å²) in [4.78, 5) is 15.5. The van der Waals surface area contributed by atoms with Gasteiger partial charge in [-0.3, -0.25) is 4.79 Å². The van der Waals surface area contributed by atoms with Crippen LogP contribution in [0.15, 0.2) is 24.3 Å². The normalized spacial score (nSPS) is 13.4. The van der Waals surface area contributed by atoms with Crippen molar-refractivity contribution < 1.29 is 4.79 Å². The van der Waals surface area contributed by atoms with Crippen LogP contribution in [0.3, 0.4) is 0 Å². The fourth-order valence-corrected chi connectivity index (χ4v) is 3.68. The van der Waals surface area contributed by atoms with Gasteiger partial charge in [-0.05, 0) is 43.2 Å². The molecule has 148 valence electrons. The van der Waals surface area contributed by atoms with E-state index in [1.165, 1.54) is 38.5 Å². The smallest absolute Gasteiger partial charge is 0.254 e. The Kier molecular flexibility index (Phi) is 11.3. The first-order valence-electron chi connectivity index (χ1n) is 10.9. The number of carbonyl (C=O) groups is 1. The van der Waals surface area contributed by atoms with Crippen molar-refractivity contribution in [2.45, 2.75) is 86.0 Å². The van der Waals surface area contributed by atoms with Crippen LogP contribution in [-0.4, -0.2) is 23.9 Å². The second-order valence-electron chi connectivity index (χ2n) is 7.86. The van der Waals surface area contributed by atoms with Crippen molar-refractivity contribution in [2.75, 3.05) is 13.1 Å². The summed E-state index contributed by atoms with van der Waals surface area (Å²) in [6.45, 7) is 12.9. The van der Waals surface area contributed by atoms with E-state index in [2.05, 4.69) is 32.6 Å². The largest absolute Gasteiger partial charge is 0.338 e. The summed E-state index contributed by atoms with van der Waals surface area (Å²) in [5, 5.41) is 0. The zero-order valence-corrected chi connectivity index (χ0v) is 17.9. The number of carbonyl (C=O) groups excluding carboxylic acids is 1. The number of rotatable bonds is 13. The Morgan fingerprint density at radius 2 is 1.38 bits per heavy atom. The van der Waals surface area contributed by atoms with Crippen molar-refractivity contribution in [1.82, 2.24) is 4.90 Å². The minimum Gasteiger partial charge on any atom is -0.338 e. The first kappa shape index (κ1) is 22.7. The number of benzene rings is 1. The molecule has 2 nitrogen and oxygen atoms in total. The van der Waals surface area contributed by atoms with Crippen LogP contribution in [0.5, 0.6) is 0 Å². The highest BCUT2D eigenvalue weighted by molar-refractivity contribution is 5.95. The number of hydrogen-bond acceptors (Lipinski definition) is 1. The molecule has 0 bridgehead atoms. The van der Waals surface area contributed by atoms with Gasteiger partial charge in [0.2, 0.25) is 0 Å². The summed E-state index contributed by atoms with van der Waals surface area (Å²) in [6, 6.07) is 8.04. The van der Waals surface area contributed by atoms with Gasteiger partial charge in [-0.25, -0.2) is 0 Å². The zero-order chi connectivity index (χ0) is 19.4. The van der Waals surface area contributed by atoms with Gasteiger partial charge in [-0.1, -0.05) is 84.4 Å². The number of nitrogens with zero attached hydrogens (tertiary/aromatic N) is 1. The number of hydrogen-bond donors (Lipinski definition) is 0. The molecule has 2 unspecified atom stereocenters. The molecule has 2 heteroatoms. The van der Waals surface area contributed by atoms with E-state index < -0.39 is 0 Å². The fraction of sp³-hybridized carbons (Fsp3) is 0.708. The Morgan fingerprint density at radius 3 is 1.81 bits per heavy atom. The van der Waals surface area contributed by atoms with Gasteiger partial charge in [0.05, 0.1) is 0 Å². The van der Waals surface area contributed by atoms with Gasteiger partial charge in [0.15, 0.2) is 0 Å². The van der Waals surface area contributed by atoms with Crippen molar-refractivity contribution in [3.8, 4) is 0 Å². The summed E-state index contributed by atoms with van der Waals surface area (Å²) >= 11 is 0. The number of aryl methyl sites for hydroxylation is 1. The molecule has 0 fully saturated rings. The molecule has 0 aliphatic rings. The summed E-state index contributed by atoms with van der Waals surface area (Å²) < 4.78 is 0. The fourth-order valence-electron chi connectivity index (χ4n) is 3.68. The summed E-state index contributed by atoms with van der Waals surface area (Å²) in [7, 11) is 0. The zero-order valence-electron chi connectivity index (χ0n) is 17.9. The first-order valence-corrected chi connectivity index (χ1v) is 10.9. The van der Waals surface area contributed by atoms with Crippen molar-refractivity contribution in [1.29, 1.82) is 0 Å². The highest BCUT2D eigenvalue weighted by atomic mass is 16.2. The van der Waals surface area contributed by atoms with Crippen LogP contribution in [0, 0.1) is 18.8 Å². The van der Waals surface area contributed by atoms with E-state index in [1.807, 2.05) is 31.2 Å². The number of unbranched alkanes of at least 4 members (excludes halogenated alkanes) is 2. The van der Waals surface area contributed by atoms with E-state index in [-0.39, 0.29) is 5.91 Å². The van der Waals surface area contributed by atoms with Crippen molar-refractivity contribution in [3.05, 3.63) is 35.4 Å². The molecule has 0 saturated heterocycles. The van der Waals surface area contributed by atoms with Gasteiger partial charge < -0.3 is 4.90 Å². The van der Waals surface area contributed by atoms with E-state index in [0.717, 1.165) is 37.1 Å². The third-order valence-electron chi connectivity index (χ3n) is 5.71. The SMILES string of the molecule is CCCCC(CC)CN(CC(CC)CCCC)C(=O)c1ccccc1C. The molecule has 0 aliphatic carbocycles. The Bertz CT molecular complexity index is 493. The average Bonchev–Trinajstić information content (AvgIpc) is 2.66. The van der Waals surface area contributed by atoms with Crippen LogP contribution >= 0.6 is 0 Å². The molecule has 0 saturated carbocycles. The molecule has 0 aliphatic heterocycles. The lowest BCUT2D eigenvalue weighted by Gasteiger charge is -2.31. The summed E-state index contributed by atoms with van der Waals surface area (Å²) in [5.41, 5.74) is 1.97. The van der Waals surface area contributed by atoms with Crippen LogP contribution in [0.2, 0.25) is 0 Å². The topological polar surface area (TPSA) is 20.3 Å². The molecule has 0 heterocycles. The van der Waals surface area contributed by atoms with Crippen LogP contribution in [0.1, 0.15) is 95.0 Å².